The molecule has 1 aromatic heterocycles. The van der Waals surface area contributed by atoms with Gasteiger partial charge >= 0.3 is 0 Å². The van der Waals surface area contributed by atoms with Crippen LogP contribution in [0.25, 0.3) is 5.69 Å². The lowest BCUT2D eigenvalue weighted by atomic mass is 10.0. The zero-order chi connectivity index (χ0) is 28.4. The third-order valence-corrected chi connectivity index (χ3v) is 8.80. The molecule has 2 nitrogen and oxygen atoms in total. The monoisotopic (exact) mass is 552 g/mol. The molecule has 2 rings (SSSR count). The van der Waals surface area contributed by atoms with Gasteiger partial charge in [-0.3, -0.25) is 0 Å². The normalized spacial score (nSPS) is 11.4. The van der Waals surface area contributed by atoms with Gasteiger partial charge < -0.3 is 0 Å². The summed E-state index contributed by atoms with van der Waals surface area (Å²) in [6.07, 6.45) is 41.3. The van der Waals surface area contributed by atoms with Crippen LogP contribution in [0.4, 0.5) is 0 Å². The van der Waals surface area contributed by atoms with Crippen molar-refractivity contribution in [2.24, 2.45) is 0 Å². The molecule has 2 heteroatoms. The van der Waals surface area contributed by atoms with Gasteiger partial charge in [-0.1, -0.05) is 173 Å². The Labute approximate surface area is 250 Å². The van der Waals surface area contributed by atoms with Crippen LogP contribution in [-0.2, 0) is 13.0 Å². The predicted molar refractivity (Wildman–Crippen MR) is 176 cm³/mol. The molecule has 0 bridgehead atoms. The second kappa shape index (κ2) is 25.2. The highest BCUT2D eigenvalue weighted by Crippen LogP contribution is 2.16. The largest absolute Gasteiger partial charge is 0.261 e. The molecule has 0 N–H and O–H groups in total. The minimum atomic E-state index is 1.17. The Morgan fingerprint density at radius 2 is 0.875 bits per heavy atom. The number of aryl methyl sites for hydroxylation is 1. The van der Waals surface area contributed by atoms with Crippen molar-refractivity contribution >= 4 is 0 Å². The van der Waals surface area contributed by atoms with E-state index in [2.05, 4.69) is 65.7 Å². The molecular weight excluding hydrogens is 484 g/mol. The number of imidazole rings is 1. The van der Waals surface area contributed by atoms with E-state index < -0.39 is 0 Å². The number of hydrogen-bond donors (Lipinski definition) is 0. The van der Waals surface area contributed by atoms with Gasteiger partial charge in [0.15, 0.2) is 0 Å². The summed E-state index contributed by atoms with van der Waals surface area (Å²) in [6.45, 7) is 5.78. The zero-order valence-corrected chi connectivity index (χ0v) is 27.0. The first kappa shape index (κ1) is 34.6. The number of benzene rings is 1. The average molecular weight is 552 g/mol. The quantitative estimate of drug-likeness (QED) is 0.0734. The van der Waals surface area contributed by atoms with Crippen molar-refractivity contribution in [2.45, 2.75) is 187 Å². The van der Waals surface area contributed by atoms with Crippen LogP contribution in [-0.4, -0.2) is 4.57 Å². The molecule has 0 atom stereocenters. The average Bonchev–Trinajstić information content (AvgIpc) is 3.39. The van der Waals surface area contributed by atoms with Crippen LogP contribution in [0.15, 0.2) is 42.7 Å². The van der Waals surface area contributed by atoms with Gasteiger partial charge in [0.25, 0.3) is 5.82 Å². The Bertz CT molecular complexity index is 793. The van der Waals surface area contributed by atoms with E-state index in [-0.39, 0.29) is 0 Å². The van der Waals surface area contributed by atoms with E-state index in [0.29, 0.717) is 0 Å². The first-order valence-corrected chi connectivity index (χ1v) is 18.0. The maximum Gasteiger partial charge on any atom is 0.261 e. The summed E-state index contributed by atoms with van der Waals surface area (Å²) in [7, 11) is 0. The van der Waals surface area contributed by atoms with Crippen LogP contribution in [0.5, 0.6) is 0 Å². The maximum absolute atomic E-state index is 2.56. The predicted octanol–water partition coefficient (Wildman–Crippen LogP) is 12.1. The fourth-order valence-electron chi connectivity index (χ4n) is 6.17. The number of hydrogen-bond acceptors (Lipinski definition) is 0. The fourth-order valence-corrected chi connectivity index (χ4v) is 6.17. The molecule has 40 heavy (non-hydrogen) atoms. The summed E-state index contributed by atoms with van der Waals surface area (Å²) in [5.41, 5.74) is 1.31. The number of unbranched alkanes of at least 4 members (excludes halogenated alkanes) is 23. The lowest BCUT2D eigenvalue weighted by Crippen LogP contribution is -2.37. The van der Waals surface area contributed by atoms with Crippen LogP contribution >= 0.6 is 0 Å². The molecular formula is C38H67N2+. The molecule has 1 heterocycles. The Morgan fingerprint density at radius 3 is 1.32 bits per heavy atom. The minimum absolute atomic E-state index is 1.17. The van der Waals surface area contributed by atoms with Crippen molar-refractivity contribution in [3.8, 4) is 5.69 Å². The van der Waals surface area contributed by atoms with Gasteiger partial charge in [-0.15, -0.1) is 0 Å². The molecule has 0 fully saturated rings. The highest BCUT2D eigenvalue weighted by molar-refractivity contribution is 5.31. The second-order valence-corrected chi connectivity index (χ2v) is 12.5. The molecule has 0 radical (unpaired) electrons. The summed E-state index contributed by atoms with van der Waals surface area (Å²) in [6, 6.07) is 11.0. The number of aromatic nitrogens is 2. The first-order valence-electron chi connectivity index (χ1n) is 18.0. The number of nitrogens with zero attached hydrogens (tertiary/aromatic N) is 2. The SMILES string of the molecule is CCCCCCCCCCCCCCCCCCc1n(-c2ccccc2)cc[n+]1CCCCCCCCCCC. The van der Waals surface area contributed by atoms with E-state index in [9.17, 15) is 0 Å². The van der Waals surface area contributed by atoms with Crippen LogP contribution in [0, 0.1) is 0 Å². The number of rotatable bonds is 28. The summed E-state index contributed by atoms with van der Waals surface area (Å²) in [4.78, 5) is 0. The van der Waals surface area contributed by atoms with Gasteiger partial charge in [0.05, 0.1) is 6.54 Å². The second-order valence-electron chi connectivity index (χ2n) is 12.5. The lowest BCUT2D eigenvalue weighted by Gasteiger charge is -2.07. The minimum Gasteiger partial charge on any atom is -0.234 e. The van der Waals surface area contributed by atoms with Crippen LogP contribution in [0.1, 0.15) is 180 Å². The summed E-state index contributed by atoms with van der Waals surface area (Å²) in [5, 5.41) is 0. The van der Waals surface area contributed by atoms with Gasteiger partial charge in [-0.05, 0) is 31.4 Å². The Kier molecular flexibility index (Phi) is 21.8. The van der Waals surface area contributed by atoms with Gasteiger partial charge in [0, 0.05) is 6.42 Å². The molecule has 228 valence electrons. The van der Waals surface area contributed by atoms with Gasteiger partial charge in [0.1, 0.15) is 18.1 Å². The van der Waals surface area contributed by atoms with Crippen molar-refractivity contribution in [2.75, 3.05) is 0 Å². The van der Waals surface area contributed by atoms with E-state index in [1.165, 1.54) is 185 Å². The maximum atomic E-state index is 2.56. The van der Waals surface area contributed by atoms with E-state index >= 15 is 0 Å². The smallest absolute Gasteiger partial charge is 0.234 e. The first-order chi connectivity index (χ1) is 19.9. The summed E-state index contributed by atoms with van der Waals surface area (Å²) in [5.74, 6) is 1.50. The lowest BCUT2D eigenvalue weighted by molar-refractivity contribution is -0.704. The van der Waals surface area contributed by atoms with Crippen molar-refractivity contribution in [3.63, 3.8) is 0 Å². The summed E-state index contributed by atoms with van der Waals surface area (Å²) >= 11 is 0. The van der Waals surface area contributed by atoms with Gasteiger partial charge in [-0.2, -0.15) is 4.57 Å². The molecule has 0 unspecified atom stereocenters. The fraction of sp³-hybridized carbons (Fsp3) is 0.763. The Hall–Kier alpha value is -1.57. The van der Waals surface area contributed by atoms with Crippen molar-refractivity contribution in [3.05, 3.63) is 48.5 Å². The third-order valence-electron chi connectivity index (χ3n) is 8.80. The highest BCUT2D eigenvalue weighted by atomic mass is 15.1. The van der Waals surface area contributed by atoms with Crippen molar-refractivity contribution in [1.29, 1.82) is 0 Å². The van der Waals surface area contributed by atoms with Gasteiger partial charge in [0.2, 0.25) is 0 Å². The molecule has 2 aromatic rings. The molecule has 0 saturated heterocycles. The van der Waals surface area contributed by atoms with Crippen LogP contribution in [0.3, 0.4) is 0 Å². The third kappa shape index (κ3) is 16.6. The molecule has 0 saturated carbocycles. The topological polar surface area (TPSA) is 8.81 Å². The van der Waals surface area contributed by atoms with Crippen LogP contribution < -0.4 is 4.57 Å². The van der Waals surface area contributed by atoms with Crippen molar-refractivity contribution in [1.82, 2.24) is 4.57 Å². The number of para-hydroxylation sites is 1. The molecule has 0 spiro atoms. The molecule has 0 aliphatic carbocycles. The zero-order valence-electron chi connectivity index (χ0n) is 27.0. The van der Waals surface area contributed by atoms with Crippen molar-refractivity contribution < 1.29 is 4.57 Å². The van der Waals surface area contributed by atoms with E-state index in [1.807, 2.05) is 0 Å². The van der Waals surface area contributed by atoms with E-state index in [4.69, 9.17) is 0 Å². The molecule has 0 amide bonds. The standard InChI is InChI=1S/C38H67N2/c1-3-5-7-9-11-13-14-15-16-17-18-19-20-22-24-29-33-38-39(34-30-25-23-21-12-10-8-6-4-2)35-36-40(38)37-31-27-26-28-32-37/h26-28,31-32,35-36H,3-25,29-30,33-34H2,1-2H3/q+1. The highest BCUT2D eigenvalue weighted by Gasteiger charge is 2.18. The molecule has 1 aromatic carbocycles. The summed E-state index contributed by atoms with van der Waals surface area (Å²) < 4.78 is 5.00. The Morgan fingerprint density at radius 1 is 0.475 bits per heavy atom. The van der Waals surface area contributed by atoms with Gasteiger partial charge in [-0.25, -0.2) is 4.57 Å². The van der Waals surface area contributed by atoms with E-state index in [0.717, 1.165) is 0 Å². The van der Waals surface area contributed by atoms with Crippen LogP contribution in [0.2, 0.25) is 0 Å². The Balaban J connectivity index is 1.58. The van der Waals surface area contributed by atoms with E-state index in [1.54, 1.807) is 0 Å². The molecule has 0 aliphatic heterocycles. The molecule has 0 aliphatic rings.